The summed E-state index contributed by atoms with van der Waals surface area (Å²) in [6.07, 6.45) is 1.10. The zero-order valence-electron chi connectivity index (χ0n) is 5.63. The molecule has 0 bridgehead atoms. The molecule has 0 aromatic rings. The van der Waals surface area contributed by atoms with E-state index in [1.54, 1.807) is 0 Å². The average Bonchev–Trinajstić information content (AvgIpc) is 1.62. The van der Waals surface area contributed by atoms with Crippen LogP contribution in [0.25, 0.3) is 0 Å². The van der Waals surface area contributed by atoms with Gasteiger partial charge in [0.25, 0.3) is 0 Å². The Morgan fingerprint density at radius 3 is 1.89 bits per heavy atom. The second-order valence-corrected chi connectivity index (χ2v) is 11.5. The van der Waals surface area contributed by atoms with Crippen LogP contribution in [0.1, 0.15) is 20.3 Å². The summed E-state index contributed by atoms with van der Waals surface area (Å²) in [4.78, 5) is 0. The fraction of sp³-hybridized carbons (Fsp3) is 1.00. The van der Waals surface area contributed by atoms with Gasteiger partial charge in [-0.1, -0.05) is 20.3 Å². The average molecular weight is 206 g/mol. The molecule has 0 aliphatic carbocycles. The van der Waals surface area contributed by atoms with Crippen molar-refractivity contribution in [2.45, 2.75) is 26.3 Å². The second kappa shape index (κ2) is 4.07. The Kier molecular flexibility index (Phi) is 4.56. The topological polar surface area (TPSA) is 0 Å². The molecule has 56 valence electrons. The highest BCUT2D eigenvalue weighted by Crippen LogP contribution is 2.29. The van der Waals surface area contributed by atoms with Crippen LogP contribution >= 0.6 is 33.2 Å². The van der Waals surface area contributed by atoms with Gasteiger partial charge in [-0.2, -0.15) is 0 Å². The van der Waals surface area contributed by atoms with E-state index in [9.17, 15) is 0 Å². The van der Waals surface area contributed by atoms with Crippen molar-refractivity contribution in [2.24, 2.45) is 5.92 Å². The molecule has 4 heteroatoms. The largest absolute Gasteiger partial charge is 0.341 e. The van der Waals surface area contributed by atoms with Crippen LogP contribution in [0.2, 0.25) is 6.04 Å². The minimum absolute atomic E-state index is 0.559. The van der Waals surface area contributed by atoms with Crippen LogP contribution < -0.4 is 0 Å². The molecule has 0 rings (SSSR count). The van der Waals surface area contributed by atoms with Gasteiger partial charge in [-0.3, -0.25) is 0 Å². The molecule has 0 aliphatic rings. The number of hydrogen-bond acceptors (Lipinski definition) is 0. The molecule has 0 spiro atoms. The number of rotatable bonds is 3. The third-order valence-corrected chi connectivity index (χ3v) is 3.83. The lowest BCUT2D eigenvalue weighted by Crippen LogP contribution is -2.13. The first-order chi connectivity index (χ1) is 3.95. The maximum absolute atomic E-state index is 5.68. The van der Waals surface area contributed by atoms with Crippen molar-refractivity contribution in [1.82, 2.24) is 0 Å². The first kappa shape index (κ1) is 10.1. The Labute approximate surface area is 71.6 Å². The molecule has 0 aliphatic heterocycles. The van der Waals surface area contributed by atoms with Crippen LogP contribution in [-0.2, 0) is 0 Å². The van der Waals surface area contributed by atoms with Crippen LogP contribution in [0.4, 0.5) is 0 Å². The maximum Gasteiger partial charge on any atom is 0.341 e. The van der Waals surface area contributed by atoms with E-state index in [2.05, 4.69) is 13.8 Å². The Morgan fingerprint density at radius 1 is 1.33 bits per heavy atom. The van der Waals surface area contributed by atoms with Gasteiger partial charge in [-0.25, -0.2) is 0 Å². The molecule has 0 saturated carbocycles. The van der Waals surface area contributed by atoms with Gasteiger partial charge < -0.3 is 0 Å². The standard InChI is InChI=1S/C5H11Cl3Si/c1-3-5(2)4-9(6,7)8/h5H,3-4H2,1-2H3. The molecule has 0 heterocycles. The molecule has 0 aromatic heterocycles. The molecule has 0 nitrogen and oxygen atoms in total. The summed E-state index contributed by atoms with van der Waals surface area (Å²) in [5, 5.41) is 0. The summed E-state index contributed by atoms with van der Waals surface area (Å²) in [6.45, 7) is 4.21. The summed E-state index contributed by atoms with van der Waals surface area (Å²) in [6, 6.07) is -1.54. The predicted molar refractivity (Wildman–Crippen MR) is 47.6 cm³/mol. The molecule has 0 aromatic carbocycles. The normalized spacial score (nSPS) is 15.7. The van der Waals surface area contributed by atoms with Crippen LogP contribution in [0.3, 0.4) is 0 Å². The van der Waals surface area contributed by atoms with E-state index in [4.69, 9.17) is 33.2 Å². The van der Waals surface area contributed by atoms with Gasteiger partial charge in [0.15, 0.2) is 0 Å². The van der Waals surface area contributed by atoms with Crippen LogP contribution in [0, 0.1) is 5.92 Å². The molecule has 0 saturated heterocycles. The van der Waals surface area contributed by atoms with Crippen molar-refractivity contribution in [3.63, 3.8) is 0 Å². The molecule has 1 unspecified atom stereocenters. The van der Waals surface area contributed by atoms with Gasteiger partial charge in [0.05, 0.1) is 0 Å². The minimum atomic E-state index is -2.32. The first-order valence-corrected chi connectivity index (χ1v) is 8.26. The minimum Gasteiger partial charge on any atom is -0.126 e. The lowest BCUT2D eigenvalue weighted by atomic mass is 10.2. The first-order valence-electron chi connectivity index (χ1n) is 3.02. The third kappa shape index (κ3) is 6.98. The summed E-state index contributed by atoms with van der Waals surface area (Å²) in [7, 11) is 0. The number of halogens is 3. The van der Waals surface area contributed by atoms with E-state index in [1.807, 2.05) is 0 Å². The van der Waals surface area contributed by atoms with Crippen molar-refractivity contribution in [3.05, 3.63) is 0 Å². The molecular formula is C5H11Cl3Si. The molecular weight excluding hydrogens is 194 g/mol. The van der Waals surface area contributed by atoms with Crippen molar-refractivity contribution in [3.8, 4) is 0 Å². The van der Waals surface area contributed by atoms with Gasteiger partial charge in [-0.05, 0) is 12.0 Å². The van der Waals surface area contributed by atoms with Crippen LogP contribution in [-0.4, -0.2) is 6.00 Å². The lowest BCUT2D eigenvalue weighted by molar-refractivity contribution is 0.622. The van der Waals surface area contributed by atoms with Crippen molar-refractivity contribution >= 4 is 39.2 Å². The van der Waals surface area contributed by atoms with E-state index in [0.29, 0.717) is 5.92 Å². The zero-order valence-corrected chi connectivity index (χ0v) is 8.89. The van der Waals surface area contributed by atoms with Gasteiger partial charge in [0, 0.05) is 0 Å². The Bertz CT molecular complexity index is 78.8. The summed E-state index contributed by atoms with van der Waals surface area (Å²) in [5.41, 5.74) is 0. The Morgan fingerprint density at radius 2 is 1.78 bits per heavy atom. The highest BCUT2D eigenvalue weighted by Gasteiger charge is 2.26. The Balaban J connectivity index is 3.47. The second-order valence-electron chi connectivity index (χ2n) is 2.33. The predicted octanol–water partition coefficient (Wildman–Crippen LogP) is 3.69. The highest BCUT2D eigenvalue weighted by atomic mass is 35.8. The number of hydrogen-bond donors (Lipinski definition) is 0. The van der Waals surface area contributed by atoms with Gasteiger partial charge in [0.2, 0.25) is 0 Å². The van der Waals surface area contributed by atoms with Crippen molar-refractivity contribution in [1.29, 1.82) is 0 Å². The van der Waals surface area contributed by atoms with Gasteiger partial charge >= 0.3 is 6.00 Å². The monoisotopic (exact) mass is 204 g/mol. The third-order valence-electron chi connectivity index (χ3n) is 1.28. The summed E-state index contributed by atoms with van der Waals surface area (Å²) in [5.74, 6) is 0.559. The van der Waals surface area contributed by atoms with E-state index in [0.717, 1.165) is 12.5 Å². The molecule has 1 atom stereocenters. The van der Waals surface area contributed by atoms with E-state index < -0.39 is 6.00 Å². The maximum atomic E-state index is 5.68. The van der Waals surface area contributed by atoms with Gasteiger partial charge in [-0.15, -0.1) is 33.2 Å². The van der Waals surface area contributed by atoms with E-state index >= 15 is 0 Å². The SMILES string of the molecule is CCC(C)C[Si](Cl)(Cl)Cl. The van der Waals surface area contributed by atoms with Crippen LogP contribution in [0.5, 0.6) is 0 Å². The fourth-order valence-corrected chi connectivity index (χ4v) is 3.99. The Hall–Kier alpha value is 1.09. The zero-order chi connectivity index (χ0) is 7.49. The molecule has 0 amide bonds. The molecule has 0 N–H and O–H groups in total. The van der Waals surface area contributed by atoms with Gasteiger partial charge in [0.1, 0.15) is 0 Å². The summed E-state index contributed by atoms with van der Waals surface area (Å²) < 4.78 is 0. The highest BCUT2D eigenvalue weighted by molar-refractivity contribution is 7.64. The quantitative estimate of drug-likeness (QED) is 0.487. The van der Waals surface area contributed by atoms with E-state index in [-0.39, 0.29) is 0 Å². The molecule has 0 radical (unpaired) electrons. The van der Waals surface area contributed by atoms with Crippen LogP contribution in [0.15, 0.2) is 0 Å². The molecule has 0 fully saturated rings. The fourth-order valence-electron chi connectivity index (χ4n) is 0.539. The molecule has 9 heavy (non-hydrogen) atoms. The summed E-state index contributed by atoms with van der Waals surface area (Å²) >= 11 is 17.0. The van der Waals surface area contributed by atoms with Crippen molar-refractivity contribution < 1.29 is 0 Å². The van der Waals surface area contributed by atoms with Crippen molar-refractivity contribution in [2.75, 3.05) is 0 Å². The lowest BCUT2D eigenvalue weighted by Gasteiger charge is -2.12. The van der Waals surface area contributed by atoms with E-state index in [1.165, 1.54) is 0 Å². The smallest absolute Gasteiger partial charge is 0.126 e.